The Balaban J connectivity index is 3.07. The van der Waals surface area contributed by atoms with Crippen molar-refractivity contribution in [1.82, 2.24) is 9.80 Å². The van der Waals surface area contributed by atoms with Gasteiger partial charge in [-0.1, -0.05) is 0 Å². The molecule has 1 saturated heterocycles. The second-order valence-electron chi connectivity index (χ2n) is 2.75. The van der Waals surface area contributed by atoms with E-state index >= 15 is 0 Å². The van der Waals surface area contributed by atoms with E-state index in [4.69, 9.17) is 0 Å². The van der Waals surface area contributed by atoms with Crippen molar-refractivity contribution in [2.24, 2.45) is 0 Å². The van der Waals surface area contributed by atoms with E-state index in [1.807, 2.05) is 0 Å². The van der Waals surface area contributed by atoms with Gasteiger partial charge in [0.2, 0.25) is 0 Å². The van der Waals surface area contributed by atoms with Gasteiger partial charge < -0.3 is 5.11 Å². The minimum atomic E-state index is -2.62. The number of amides is 3. The smallest absolute Gasteiger partial charge is 0.328 e. The lowest BCUT2D eigenvalue weighted by molar-refractivity contribution is -0.151. The van der Waals surface area contributed by atoms with Gasteiger partial charge in [-0.3, -0.25) is 14.6 Å². The minimum absolute atomic E-state index is 0.599. The standard InChI is InChI=1S/C6H8BrFN2O3/c1-9-3(11)6(7,8)4(12)10(2)5(9)13/h3,11H,1-2H3. The van der Waals surface area contributed by atoms with E-state index in [-0.39, 0.29) is 0 Å². The first kappa shape index (κ1) is 10.4. The van der Waals surface area contributed by atoms with E-state index in [2.05, 4.69) is 15.9 Å². The van der Waals surface area contributed by atoms with Crippen LogP contribution >= 0.6 is 15.9 Å². The van der Waals surface area contributed by atoms with Crippen LogP contribution in [0.3, 0.4) is 0 Å². The summed E-state index contributed by atoms with van der Waals surface area (Å²) in [6.45, 7) is 0. The predicted octanol–water partition coefficient (Wildman–Crippen LogP) is -0.111. The molecule has 3 amide bonds. The summed E-state index contributed by atoms with van der Waals surface area (Å²) in [5.74, 6) is -1.11. The summed E-state index contributed by atoms with van der Waals surface area (Å²) < 4.78 is 10.8. The number of hydrogen-bond acceptors (Lipinski definition) is 3. The molecule has 0 aromatic carbocycles. The highest BCUT2D eigenvalue weighted by molar-refractivity contribution is 9.10. The van der Waals surface area contributed by atoms with Gasteiger partial charge in [0.15, 0.2) is 6.23 Å². The number of rotatable bonds is 0. The molecule has 7 heteroatoms. The van der Waals surface area contributed by atoms with Gasteiger partial charge in [0.05, 0.1) is 0 Å². The molecular weight excluding hydrogens is 247 g/mol. The topological polar surface area (TPSA) is 60.9 Å². The summed E-state index contributed by atoms with van der Waals surface area (Å²) in [5, 5.41) is 9.20. The summed E-state index contributed by atoms with van der Waals surface area (Å²) in [6, 6.07) is -0.745. The van der Waals surface area contributed by atoms with Gasteiger partial charge >= 0.3 is 6.03 Å². The molecule has 1 aliphatic heterocycles. The molecule has 2 atom stereocenters. The first-order valence-corrected chi connectivity index (χ1v) is 4.20. The molecule has 5 nitrogen and oxygen atoms in total. The molecule has 0 spiro atoms. The molecule has 0 aromatic rings. The maximum Gasteiger partial charge on any atom is 0.328 e. The molecule has 1 aliphatic rings. The highest BCUT2D eigenvalue weighted by Crippen LogP contribution is 2.32. The number of nitrogens with zero attached hydrogens (tertiary/aromatic N) is 2. The van der Waals surface area contributed by atoms with Gasteiger partial charge in [-0.05, 0) is 15.9 Å². The number of aliphatic hydroxyl groups excluding tert-OH is 1. The molecule has 1 N–H and O–H groups in total. The summed E-state index contributed by atoms with van der Waals surface area (Å²) in [6.07, 6.45) is -1.80. The lowest BCUT2D eigenvalue weighted by atomic mass is 10.2. The number of carbonyl (C=O) groups excluding carboxylic acids is 2. The average Bonchev–Trinajstić information content (AvgIpc) is 2.09. The third kappa shape index (κ3) is 1.31. The van der Waals surface area contributed by atoms with E-state index in [0.29, 0.717) is 4.90 Å². The lowest BCUT2D eigenvalue weighted by Gasteiger charge is -2.39. The number of imide groups is 1. The summed E-state index contributed by atoms with van der Waals surface area (Å²) >= 11 is 2.43. The fourth-order valence-electron chi connectivity index (χ4n) is 1.01. The maximum absolute atomic E-state index is 13.4. The van der Waals surface area contributed by atoms with Gasteiger partial charge in [-0.2, -0.15) is 0 Å². The maximum atomic E-state index is 13.4. The first-order chi connectivity index (χ1) is 5.80. The van der Waals surface area contributed by atoms with Crippen LogP contribution in [0.2, 0.25) is 0 Å². The number of halogens is 2. The molecule has 2 unspecified atom stereocenters. The Hall–Kier alpha value is -0.690. The Morgan fingerprint density at radius 2 is 2.00 bits per heavy atom. The number of carbonyl (C=O) groups is 2. The van der Waals surface area contributed by atoms with Crippen molar-refractivity contribution < 1.29 is 19.1 Å². The van der Waals surface area contributed by atoms with Crippen LogP contribution in [0.5, 0.6) is 0 Å². The second kappa shape index (κ2) is 2.91. The van der Waals surface area contributed by atoms with Crippen LogP contribution in [0, 0.1) is 0 Å². The fraction of sp³-hybridized carbons (Fsp3) is 0.667. The van der Waals surface area contributed by atoms with Crippen LogP contribution in [-0.4, -0.2) is 51.7 Å². The minimum Gasteiger partial charge on any atom is -0.369 e. The van der Waals surface area contributed by atoms with E-state index in [1.54, 1.807) is 0 Å². The normalized spacial score (nSPS) is 35.6. The molecule has 0 saturated carbocycles. The van der Waals surface area contributed by atoms with Crippen LogP contribution in [0.1, 0.15) is 0 Å². The molecule has 13 heavy (non-hydrogen) atoms. The van der Waals surface area contributed by atoms with Crippen LogP contribution in [0.15, 0.2) is 0 Å². The number of aliphatic hydroxyl groups is 1. The highest BCUT2D eigenvalue weighted by Gasteiger charge is 2.54. The van der Waals surface area contributed by atoms with Crippen LogP contribution in [-0.2, 0) is 4.79 Å². The van der Waals surface area contributed by atoms with Crippen molar-refractivity contribution in [2.45, 2.75) is 10.8 Å². The molecule has 0 bridgehead atoms. The van der Waals surface area contributed by atoms with E-state index in [0.717, 1.165) is 11.9 Å². The highest BCUT2D eigenvalue weighted by atomic mass is 79.9. The van der Waals surface area contributed by atoms with E-state index in [9.17, 15) is 19.1 Å². The zero-order chi connectivity index (χ0) is 10.4. The molecule has 0 radical (unpaired) electrons. The Bertz CT molecular complexity index is 271. The predicted molar refractivity (Wildman–Crippen MR) is 44.7 cm³/mol. The fourth-order valence-corrected chi connectivity index (χ4v) is 1.58. The van der Waals surface area contributed by atoms with Crippen molar-refractivity contribution in [3.8, 4) is 0 Å². The van der Waals surface area contributed by atoms with E-state index in [1.165, 1.54) is 7.05 Å². The molecule has 1 fully saturated rings. The third-order valence-electron chi connectivity index (χ3n) is 1.87. The molecule has 0 aromatic heterocycles. The van der Waals surface area contributed by atoms with Crippen LogP contribution in [0.4, 0.5) is 9.18 Å². The van der Waals surface area contributed by atoms with E-state index < -0.39 is 22.7 Å². The second-order valence-corrected chi connectivity index (χ2v) is 3.91. The van der Waals surface area contributed by atoms with Gasteiger partial charge in [-0.25, -0.2) is 9.18 Å². The summed E-state index contributed by atoms with van der Waals surface area (Å²) in [4.78, 5) is 23.6. The summed E-state index contributed by atoms with van der Waals surface area (Å²) in [5.41, 5.74) is 0. The van der Waals surface area contributed by atoms with Crippen LogP contribution < -0.4 is 0 Å². The largest absolute Gasteiger partial charge is 0.369 e. The third-order valence-corrected chi connectivity index (χ3v) is 2.62. The number of alkyl halides is 2. The van der Waals surface area contributed by atoms with Crippen molar-refractivity contribution in [3.63, 3.8) is 0 Å². The molecule has 74 valence electrons. The molecule has 1 heterocycles. The SMILES string of the molecule is CN1C(=O)N(C)C(O)C(F)(Br)C1=O. The monoisotopic (exact) mass is 254 g/mol. The van der Waals surface area contributed by atoms with Gasteiger partial charge in [0.25, 0.3) is 10.5 Å². The molecular formula is C6H8BrFN2O3. The zero-order valence-electron chi connectivity index (χ0n) is 6.99. The Labute approximate surface area is 82.2 Å². The van der Waals surface area contributed by atoms with Crippen LogP contribution in [0.25, 0.3) is 0 Å². The first-order valence-electron chi connectivity index (χ1n) is 3.41. The van der Waals surface area contributed by atoms with Gasteiger partial charge in [-0.15, -0.1) is 0 Å². The lowest BCUT2D eigenvalue weighted by Crippen LogP contribution is -2.64. The van der Waals surface area contributed by atoms with Crippen molar-refractivity contribution >= 4 is 27.9 Å². The quantitative estimate of drug-likeness (QED) is 0.614. The Kier molecular flexibility index (Phi) is 2.33. The van der Waals surface area contributed by atoms with Gasteiger partial charge in [0, 0.05) is 14.1 Å². The van der Waals surface area contributed by atoms with Crippen molar-refractivity contribution in [2.75, 3.05) is 14.1 Å². The van der Waals surface area contributed by atoms with Crippen molar-refractivity contribution in [1.29, 1.82) is 0 Å². The average molecular weight is 255 g/mol. The van der Waals surface area contributed by atoms with Gasteiger partial charge in [0.1, 0.15) is 0 Å². The summed E-state index contributed by atoms with van der Waals surface area (Å²) in [7, 11) is 2.34. The Morgan fingerprint density at radius 1 is 1.54 bits per heavy atom. The number of hydrogen-bond donors (Lipinski definition) is 1. The molecule has 1 rings (SSSR count). The Morgan fingerprint density at radius 3 is 2.46 bits per heavy atom. The van der Waals surface area contributed by atoms with Crippen molar-refractivity contribution in [3.05, 3.63) is 0 Å². The number of urea groups is 1. The molecule has 0 aliphatic carbocycles. The zero-order valence-corrected chi connectivity index (χ0v) is 8.58.